The van der Waals surface area contributed by atoms with E-state index < -0.39 is 17.2 Å². The molecular weight excluding hydrogens is 353 g/mol. The van der Waals surface area contributed by atoms with Gasteiger partial charge >= 0.3 is 0 Å². The first kappa shape index (κ1) is 17.0. The van der Waals surface area contributed by atoms with Crippen molar-refractivity contribution in [3.8, 4) is 11.5 Å². The number of ether oxygens (including phenoxy) is 1. The summed E-state index contributed by atoms with van der Waals surface area (Å²) in [5, 5.41) is 12.8. The van der Waals surface area contributed by atoms with Gasteiger partial charge in [-0.1, -0.05) is 12.1 Å². The second-order valence-corrected chi connectivity index (χ2v) is 6.22. The van der Waals surface area contributed by atoms with Gasteiger partial charge in [0.15, 0.2) is 11.5 Å². The second kappa shape index (κ2) is 6.39. The zero-order valence-electron chi connectivity index (χ0n) is 14.5. The fraction of sp³-hybridized carbons (Fsp3) is 0.211. The molecule has 0 bridgehead atoms. The molecule has 2 aromatic heterocycles. The molecule has 0 aliphatic carbocycles. The summed E-state index contributed by atoms with van der Waals surface area (Å²) >= 11 is 0. The van der Waals surface area contributed by atoms with E-state index in [0.29, 0.717) is 23.3 Å². The molecule has 0 spiro atoms. The van der Waals surface area contributed by atoms with Gasteiger partial charge in [-0.15, -0.1) is 0 Å². The molecule has 0 fully saturated rings. The van der Waals surface area contributed by atoms with E-state index in [1.165, 1.54) is 29.9 Å². The normalized spacial score (nSPS) is 12.7. The monoisotopic (exact) mass is 369 g/mol. The number of hydrogen-bond donors (Lipinski definition) is 2. The standard InChI is InChI=1S/C19H16FN3O4/c1-21-18(25)13-16(24)14-15-17(27-7-6-23(15)19(13)26)11(9-22-14)8-10-2-4-12(20)5-3-10/h2-5,9,24H,6-8H2,1H3,(H,21,25). The lowest BCUT2D eigenvalue weighted by atomic mass is 10.0. The van der Waals surface area contributed by atoms with Crippen LogP contribution in [-0.2, 0) is 13.0 Å². The predicted octanol–water partition coefficient (Wildman–Crippen LogP) is 1.58. The average Bonchev–Trinajstić information content (AvgIpc) is 2.68. The van der Waals surface area contributed by atoms with Crippen molar-refractivity contribution in [1.29, 1.82) is 0 Å². The third kappa shape index (κ3) is 2.69. The highest BCUT2D eigenvalue weighted by atomic mass is 19.1. The number of halogens is 1. The fourth-order valence-electron chi connectivity index (χ4n) is 3.29. The van der Waals surface area contributed by atoms with Crippen LogP contribution in [-0.4, -0.2) is 34.2 Å². The predicted molar refractivity (Wildman–Crippen MR) is 95.8 cm³/mol. The first-order valence-corrected chi connectivity index (χ1v) is 8.38. The van der Waals surface area contributed by atoms with E-state index in [0.717, 1.165) is 5.56 Å². The number of nitrogens with zero attached hydrogens (tertiary/aromatic N) is 2. The van der Waals surface area contributed by atoms with Gasteiger partial charge in [-0.2, -0.15) is 0 Å². The van der Waals surface area contributed by atoms with Crippen LogP contribution < -0.4 is 15.6 Å². The number of hydrogen-bond acceptors (Lipinski definition) is 5. The van der Waals surface area contributed by atoms with Crippen molar-refractivity contribution in [3.05, 3.63) is 63.3 Å². The highest BCUT2D eigenvalue weighted by Crippen LogP contribution is 2.36. The van der Waals surface area contributed by atoms with Crippen molar-refractivity contribution in [2.45, 2.75) is 13.0 Å². The Labute approximate surface area is 153 Å². The van der Waals surface area contributed by atoms with E-state index in [9.17, 15) is 19.1 Å². The Balaban J connectivity index is 1.94. The van der Waals surface area contributed by atoms with Gasteiger partial charge in [-0.25, -0.2) is 4.39 Å². The highest BCUT2D eigenvalue weighted by molar-refractivity contribution is 6.02. The Morgan fingerprint density at radius 3 is 2.81 bits per heavy atom. The van der Waals surface area contributed by atoms with Gasteiger partial charge in [0, 0.05) is 25.2 Å². The number of benzene rings is 1. The largest absolute Gasteiger partial charge is 0.505 e. The van der Waals surface area contributed by atoms with Crippen molar-refractivity contribution >= 4 is 16.9 Å². The van der Waals surface area contributed by atoms with Crippen LogP contribution in [0, 0.1) is 5.82 Å². The van der Waals surface area contributed by atoms with Crippen molar-refractivity contribution in [1.82, 2.24) is 14.9 Å². The molecule has 27 heavy (non-hydrogen) atoms. The first-order valence-electron chi connectivity index (χ1n) is 8.38. The number of carbonyl (C=O) groups is 1. The Bertz CT molecular complexity index is 1120. The molecule has 7 nitrogen and oxygen atoms in total. The number of pyridine rings is 2. The maximum Gasteiger partial charge on any atom is 0.268 e. The highest BCUT2D eigenvalue weighted by Gasteiger charge is 2.27. The van der Waals surface area contributed by atoms with Gasteiger partial charge in [-0.05, 0) is 17.7 Å². The van der Waals surface area contributed by atoms with Gasteiger partial charge in [-0.3, -0.25) is 19.1 Å². The first-order chi connectivity index (χ1) is 13.0. The molecular formula is C19H16FN3O4. The van der Waals surface area contributed by atoms with Crippen LogP contribution in [0.25, 0.3) is 11.0 Å². The fourth-order valence-corrected chi connectivity index (χ4v) is 3.29. The van der Waals surface area contributed by atoms with Crippen LogP contribution in [0.4, 0.5) is 4.39 Å². The lowest BCUT2D eigenvalue weighted by molar-refractivity contribution is 0.0958. The van der Waals surface area contributed by atoms with E-state index in [1.54, 1.807) is 12.1 Å². The van der Waals surface area contributed by atoms with E-state index in [4.69, 9.17) is 4.74 Å². The van der Waals surface area contributed by atoms with Crippen LogP contribution >= 0.6 is 0 Å². The number of aromatic nitrogens is 2. The second-order valence-electron chi connectivity index (χ2n) is 6.22. The van der Waals surface area contributed by atoms with Crippen molar-refractivity contribution in [2.24, 2.45) is 0 Å². The van der Waals surface area contributed by atoms with Crippen LogP contribution in [0.15, 0.2) is 35.3 Å². The zero-order valence-corrected chi connectivity index (χ0v) is 14.5. The number of amides is 1. The van der Waals surface area contributed by atoms with E-state index in [-0.39, 0.29) is 30.0 Å². The lowest BCUT2D eigenvalue weighted by Crippen LogP contribution is -2.35. The van der Waals surface area contributed by atoms with Gasteiger partial charge in [0.1, 0.15) is 29.0 Å². The van der Waals surface area contributed by atoms with Gasteiger partial charge < -0.3 is 15.2 Å². The minimum absolute atomic E-state index is 0.130. The molecule has 1 amide bonds. The lowest BCUT2D eigenvalue weighted by Gasteiger charge is -2.23. The molecule has 138 valence electrons. The Morgan fingerprint density at radius 2 is 2.11 bits per heavy atom. The molecule has 0 saturated carbocycles. The Kier molecular flexibility index (Phi) is 4.02. The maximum atomic E-state index is 13.1. The van der Waals surface area contributed by atoms with Crippen molar-refractivity contribution < 1.29 is 19.0 Å². The summed E-state index contributed by atoms with van der Waals surface area (Å²) in [5.74, 6) is -1.03. The molecule has 3 aromatic rings. The van der Waals surface area contributed by atoms with Crippen molar-refractivity contribution in [3.63, 3.8) is 0 Å². The zero-order chi connectivity index (χ0) is 19.1. The van der Waals surface area contributed by atoms with Crippen LogP contribution in [0.1, 0.15) is 21.5 Å². The molecule has 1 aliphatic rings. The maximum absolute atomic E-state index is 13.1. The van der Waals surface area contributed by atoms with Gasteiger partial charge in [0.05, 0.1) is 6.54 Å². The molecule has 3 heterocycles. The molecule has 1 aromatic carbocycles. The molecule has 0 saturated heterocycles. The molecule has 2 N–H and O–H groups in total. The van der Waals surface area contributed by atoms with E-state index in [1.807, 2.05) is 0 Å². The summed E-state index contributed by atoms with van der Waals surface area (Å²) in [6.45, 7) is 0.495. The molecule has 0 unspecified atom stereocenters. The van der Waals surface area contributed by atoms with Gasteiger partial charge in [0.25, 0.3) is 11.5 Å². The van der Waals surface area contributed by atoms with Crippen LogP contribution in [0.5, 0.6) is 11.5 Å². The molecule has 0 radical (unpaired) electrons. The molecule has 8 heteroatoms. The minimum Gasteiger partial charge on any atom is -0.505 e. The third-order valence-electron chi connectivity index (χ3n) is 4.59. The number of rotatable bonds is 3. The molecule has 0 atom stereocenters. The van der Waals surface area contributed by atoms with E-state index in [2.05, 4.69) is 10.3 Å². The van der Waals surface area contributed by atoms with Crippen LogP contribution in [0.3, 0.4) is 0 Å². The summed E-state index contributed by atoms with van der Waals surface area (Å²) in [4.78, 5) is 29.0. The Morgan fingerprint density at radius 1 is 1.37 bits per heavy atom. The summed E-state index contributed by atoms with van der Waals surface area (Å²) in [6.07, 6.45) is 1.96. The summed E-state index contributed by atoms with van der Waals surface area (Å²) < 4.78 is 20.3. The number of nitrogens with one attached hydrogen (secondary N) is 1. The minimum atomic E-state index is -0.673. The number of carbonyl (C=O) groups excluding carboxylic acids is 1. The quantitative estimate of drug-likeness (QED) is 0.731. The smallest absolute Gasteiger partial charge is 0.268 e. The number of aromatic hydroxyl groups is 1. The average molecular weight is 369 g/mol. The topological polar surface area (TPSA) is 93.5 Å². The third-order valence-corrected chi connectivity index (χ3v) is 4.59. The Hall–Kier alpha value is -3.42. The van der Waals surface area contributed by atoms with Gasteiger partial charge in [0.2, 0.25) is 0 Å². The van der Waals surface area contributed by atoms with Crippen molar-refractivity contribution in [2.75, 3.05) is 13.7 Å². The molecule has 1 aliphatic heterocycles. The summed E-state index contributed by atoms with van der Waals surface area (Å²) in [7, 11) is 1.38. The van der Waals surface area contributed by atoms with E-state index >= 15 is 0 Å². The molecule has 4 rings (SSSR count). The summed E-state index contributed by atoms with van der Waals surface area (Å²) in [5.41, 5.74) is 1.11. The summed E-state index contributed by atoms with van der Waals surface area (Å²) in [6, 6.07) is 6.06. The SMILES string of the molecule is CNC(=O)c1c(O)c2ncc(Cc3ccc(F)cc3)c3c2n(c1=O)CCO3. The van der Waals surface area contributed by atoms with Crippen LogP contribution in [0.2, 0.25) is 0 Å².